The fourth-order valence-electron chi connectivity index (χ4n) is 9.78. The lowest BCUT2D eigenvalue weighted by Crippen LogP contribution is -2.31. The van der Waals surface area contributed by atoms with Gasteiger partial charge in [0, 0.05) is 69.4 Å². The largest absolute Gasteiger partial charge is 0.398 e. The lowest BCUT2D eigenvalue weighted by atomic mass is 9.94. The fraction of sp³-hybridized carbons (Fsp3) is 0.302. The number of aromatic nitrogens is 6. The number of amides is 1. The molecule has 11 heteroatoms. The molecule has 0 saturated heterocycles. The summed E-state index contributed by atoms with van der Waals surface area (Å²) >= 11 is 0. The molecule has 328 valence electrons. The number of anilines is 2. The second-order valence-electron chi connectivity index (χ2n) is 16.9. The smallest absolute Gasteiger partial charge is 0.328 e. The van der Waals surface area contributed by atoms with E-state index in [1.807, 2.05) is 36.4 Å². The number of H-pyrrole nitrogens is 3. The maximum Gasteiger partial charge on any atom is 0.328 e. The molecule has 1 amide bonds. The quantitative estimate of drug-likeness (QED) is 0.0813. The molecule has 0 unspecified atom stereocenters. The second-order valence-corrected chi connectivity index (χ2v) is 16.9. The first-order chi connectivity index (χ1) is 30.8. The predicted octanol–water partition coefficient (Wildman–Crippen LogP) is 11.2. The van der Waals surface area contributed by atoms with Gasteiger partial charge in [0.15, 0.2) is 0 Å². The summed E-state index contributed by atoms with van der Waals surface area (Å²) < 4.78 is 1.44. The molecule has 0 radical (unpaired) electrons. The SMILES string of the molecule is CCC1=C(C)c2nc1cc1[nH]c(c(C)c1CC)c(-c1ccccc1NC(=O)CCCn1cc(C)c(=O)[nH]c1=O)c1nc(cc3[nH]c(c(C)c3CC)c2-c2ccccc2N)C(CC)=C1C. The molecule has 64 heavy (non-hydrogen) atoms. The Bertz CT molecular complexity index is 3240. The fourth-order valence-corrected chi connectivity index (χ4v) is 9.78. The normalized spacial score (nSPS) is 12.7. The van der Waals surface area contributed by atoms with Crippen molar-refractivity contribution >= 4 is 61.6 Å². The first kappa shape index (κ1) is 43.6. The Morgan fingerprint density at radius 2 is 1.20 bits per heavy atom. The van der Waals surface area contributed by atoms with Gasteiger partial charge in [-0.15, -0.1) is 0 Å². The Hall–Kier alpha value is -7.01. The Balaban J connectivity index is 1.42. The number of para-hydroxylation sites is 2. The van der Waals surface area contributed by atoms with E-state index in [2.05, 4.69) is 99.9 Å². The number of aryl methyl sites for hydroxylation is 6. The number of nitrogen functional groups attached to an aromatic ring is 1. The third-order valence-electron chi connectivity index (χ3n) is 13.2. The van der Waals surface area contributed by atoms with Crippen LogP contribution in [0.25, 0.3) is 66.6 Å². The van der Waals surface area contributed by atoms with Crippen molar-refractivity contribution in [2.24, 2.45) is 0 Å². The molecule has 11 nitrogen and oxygen atoms in total. The Morgan fingerprint density at radius 3 is 1.73 bits per heavy atom. The van der Waals surface area contributed by atoms with Crippen molar-refractivity contribution in [3.8, 4) is 22.3 Å². The van der Waals surface area contributed by atoms with Crippen molar-refractivity contribution in [3.05, 3.63) is 138 Å². The summed E-state index contributed by atoms with van der Waals surface area (Å²) in [5.74, 6) is -0.184. The van der Waals surface area contributed by atoms with Crippen molar-refractivity contribution in [2.45, 2.75) is 107 Å². The van der Waals surface area contributed by atoms with Gasteiger partial charge in [-0.2, -0.15) is 0 Å². The number of nitrogens with zero attached hydrogens (tertiary/aromatic N) is 3. The number of carbonyl (C=O) groups excluding carboxylic acids is 1. The Morgan fingerprint density at radius 1 is 0.688 bits per heavy atom. The van der Waals surface area contributed by atoms with Crippen LogP contribution in [0.1, 0.15) is 118 Å². The van der Waals surface area contributed by atoms with E-state index in [0.29, 0.717) is 29.9 Å². The van der Waals surface area contributed by atoms with E-state index in [1.54, 1.807) is 6.92 Å². The maximum absolute atomic E-state index is 13.8. The highest BCUT2D eigenvalue weighted by Crippen LogP contribution is 2.45. The van der Waals surface area contributed by atoms with Gasteiger partial charge in [-0.25, -0.2) is 14.8 Å². The summed E-state index contributed by atoms with van der Waals surface area (Å²) in [5.41, 5.74) is 28.0. The zero-order valence-corrected chi connectivity index (χ0v) is 38.4. The van der Waals surface area contributed by atoms with Crippen LogP contribution in [-0.2, 0) is 24.2 Å². The van der Waals surface area contributed by atoms with Crippen LogP contribution in [0.15, 0.2) is 76.4 Å². The van der Waals surface area contributed by atoms with Crippen LogP contribution in [0.5, 0.6) is 0 Å². The van der Waals surface area contributed by atoms with Crippen molar-refractivity contribution in [1.29, 1.82) is 0 Å². The molecule has 2 aliphatic rings. The minimum Gasteiger partial charge on any atom is -0.398 e. The molecule has 2 aromatic carbocycles. The standard InChI is InChI=1S/C53H58N8O3/c1-10-33-29(6)48-46(37-19-14-16-21-39(37)54)49-30(7)34(11-2)42(57-49)26-44-36(13-4)32(9)51(59-44)47(50-31(8)35(12-3)43(58-50)25-41(33)56-48)38-20-15-17-22-40(38)55-45(62)23-18-24-61-27-28(5)52(63)60-53(61)64/h14-17,19-22,25-27,56,59H,10-13,18,23-24,54H2,1-9H3,(H,55,62)(H,60,63,64). The molecule has 6 N–H and O–H groups in total. The average molecular weight is 855 g/mol. The number of fused-ring (bicyclic) bond motifs is 8. The van der Waals surface area contributed by atoms with E-state index in [9.17, 15) is 14.4 Å². The first-order valence-electron chi connectivity index (χ1n) is 22.5. The van der Waals surface area contributed by atoms with Crippen LogP contribution in [-0.4, -0.2) is 35.4 Å². The van der Waals surface area contributed by atoms with Crippen LogP contribution in [0, 0.1) is 20.8 Å². The van der Waals surface area contributed by atoms with E-state index in [4.69, 9.17) is 15.7 Å². The molecule has 0 aliphatic carbocycles. The minimum atomic E-state index is -0.489. The molecule has 8 rings (SSSR count). The van der Waals surface area contributed by atoms with Gasteiger partial charge >= 0.3 is 5.69 Å². The third kappa shape index (κ3) is 7.62. The van der Waals surface area contributed by atoms with Gasteiger partial charge in [0.25, 0.3) is 5.56 Å². The van der Waals surface area contributed by atoms with Gasteiger partial charge < -0.3 is 25.6 Å². The summed E-state index contributed by atoms with van der Waals surface area (Å²) in [4.78, 5) is 59.4. The number of aromatic amines is 3. The van der Waals surface area contributed by atoms with Crippen molar-refractivity contribution in [1.82, 2.24) is 29.5 Å². The van der Waals surface area contributed by atoms with Gasteiger partial charge in [-0.1, -0.05) is 64.1 Å². The van der Waals surface area contributed by atoms with Crippen molar-refractivity contribution < 1.29 is 4.79 Å². The highest BCUT2D eigenvalue weighted by atomic mass is 16.2. The molecule has 0 saturated carbocycles. The summed E-state index contributed by atoms with van der Waals surface area (Å²) in [5, 5.41) is 3.22. The van der Waals surface area contributed by atoms with Gasteiger partial charge in [-0.05, 0) is 136 Å². The minimum absolute atomic E-state index is 0.169. The number of benzene rings is 2. The lowest BCUT2D eigenvalue weighted by molar-refractivity contribution is -0.116. The number of nitrogens with one attached hydrogen (secondary N) is 4. The zero-order valence-electron chi connectivity index (χ0n) is 38.4. The highest BCUT2D eigenvalue weighted by Gasteiger charge is 2.27. The van der Waals surface area contributed by atoms with Crippen molar-refractivity contribution in [2.75, 3.05) is 11.1 Å². The average Bonchev–Trinajstić information content (AvgIpc) is 3.96. The predicted molar refractivity (Wildman–Crippen MR) is 264 cm³/mol. The van der Waals surface area contributed by atoms with E-state index in [0.717, 1.165) is 121 Å². The molecule has 6 aromatic rings. The number of hydrogen-bond donors (Lipinski definition) is 5. The summed E-state index contributed by atoms with van der Waals surface area (Å²) in [7, 11) is 0. The van der Waals surface area contributed by atoms with E-state index >= 15 is 0 Å². The van der Waals surface area contributed by atoms with E-state index in [-0.39, 0.29) is 12.3 Å². The monoisotopic (exact) mass is 854 g/mol. The van der Waals surface area contributed by atoms with E-state index in [1.165, 1.54) is 27.5 Å². The van der Waals surface area contributed by atoms with Crippen LogP contribution in [0.4, 0.5) is 11.4 Å². The number of carbonyl (C=O) groups is 1. The van der Waals surface area contributed by atoms with Gasteiger partial charge in [0.2, 0.25) is 5.91 Å². The third-order valence-corrected chi connectivity index (χ3v) is 13.2. The second kappa shape index (κ2) is 17.6. The Labute approximate surface area is 373 Å². The highest BCUT2D eigenvalue weighted by molar-refractivity contribution is 6.06. The van der Waals surface area contributed by atoms with Crippen LogP contribution in [0.3, 0.4) is 0 Å². The number of nitrogens with two attached hydrogens (primary N) is 1. The zero-order chi connectivity index (χ0) is 45.6. The topological polar surface area (TPSA) is 167 Å². The van der Waals surface area contributed by atoms with Gasteiger partial charge in [-0.3, -0.25) is 14.6 Å². The molecular weight excluding hydrogens is 797 g/mol. The number of hydrogen-bond acceptors (Lipinski definition) is 6. The molecule has 2 aliphatic heterocycles. The van der Waals surface area contributed by atoms with Gasteiger partial charge in [0.1, 0.15) is 0 Å². The molecule has 4 aromatic heterocycles. The molecule has 0 spiro atoms. The van der Waals surface area contributed by atoms with Crippen LogP contribution >= 0.6 is 0 Å². The van der Waals surface area contributed by atoms with Gasteiger partial charge in [0.05, 0.1) is 33.8 Å². The summed E-state index contributed by atoms with van der Waals surface area (Å²) in [6.07, 6.45) is 5.26. The molecule has 0 fully saturated rings. The molecule has 0 atom stereocenters. The Kier molecular flexibility index (Phi) is 12.0. The van der Waals surface area contributed by atoms with Crippen molar-refractivity contribution in [3.63, 3.8) is 0 Å². The molecule has 6 heterocycles. The number of rotatable bonds is 11. The lowest BCUT2D eigenvalue weighted by Gasteiger charge is -2.14. The van der Waals surface area contributed by atoms with Crippen LogP contribution < -0.4 is 22.3 Å². The first-order valence-corrected chi connectivity index (χ1v) is 22.5. The van der Waals surface area contributed by atoms with E-state index < -0.39 is 11.2 Å². The summed E-state index contributed by atoms with van der Waals surface area (Å²) in [6.45, 7) is 19.4. The molecular formula is C53H58N8O3. The molecule has 8 bridgehead atoms. The summed E-state index contributed by atoms with van der Waals surface area (Å²) in [6, 6.07) is 20.4. The maximum atomic E-state index is 13.8. The number of allylic oxidation sites excluding steroid dienone is 4. The van der Waals surface area contributed by atoms with Crippen LogP contribution in [0.2, 0.25) is 0 Å².